The zero-order valence-electron chi connectivity index (χ0n) is 27.4. The van der Waals surface area contributed by atoms with Crippen molar-refractivity contribution in [2.75, 3.05) is 4.90 Å². The van der Waals surface area contributed by atoms with Crippen LogP contribution in [0.5, 0.6) is 0 Å². The molecule has 1 aliphatic rings. The molecule has 1 aliphatic heterocycles. The Morgan fingerprint density at radius 3 is 1.67 bits per heavy atom. The van der Waals surface area contributed by atoms with Crippen molar-refractivity contribution in [3.63, 3.8) is 0 Å². The molecular formula is C38H45BN2O2. The van der Waals surface area contributed by atoms with Gasteiger partial charge in [0.05, 0.1) is 11.2 Å². The van der Waals surface area contributed by atoms with Gasteiger partial charge in [-0.1, -0.05) is 63.2 Å². The number of nitrogens with zero attached hydrogens (tertiary/aromatic N) is 2. The SMILES string of the molecule is CC(C)(C)c1ccc(N(c2ccc(B3OC(C)(C)C(C)(C)O3)cc2)c2ccc3c(c2)c2ccccc2n3C(C)(C)C)cc1. The van der Waals surface area contributed by atoms with Crippen LogP contribution in [0.2, 0.25) is 0 Å². The molecule has 0 saturated carbocycles. The zero-order chi connectivity index (χ0) is 30.9. The Kier molecular flexibility index (Phi) is 6.87. The fourth-order valence-electron chi connectivity index (χ4n) is 6.14. The van der Waals surface area contributed by atoms with Crippen LogP contribution >= 0.6 is 0 Å². The Hall–Kier alpha value is -3.54. The predicted octanol–water partition coefficient (Wildman–Crippen LogP) is 9.62. The van der Waals surface area contributed by atoms with Crippen molar-refractivity contribution in [1.29, 1.82) is 0 Å². The minimum absolute atomic E-state index is 0.0469. The van der Waals surface area contributed by atoms with Crippen LogP contribution in [0.1, 0.15) is 74.8 Å². The molecule has 0 bridgehead atoms. The first-order valence-corrected chi connectivity index (χ1v) is 15.5. The summed E-state index contributed by atoms with van der Waals surface area (Å²) in [5.74, 6) is 0. The third-order valence-corrected chi connectivity index (χ3v) is 9.25. The highest BCUT2D eigenvalue weighted by Gasteiger charge is 2.51. The van der Waals surface area contributed by atoms with Crippen molar-refractivity contribution in [3.8, 4) is 0 Å². The summed E-state index contributed by atoms with van der Waals surface area (Å²) in [4.78, 5) is 2.35. The molecule has 0 radical (unpaired) electrons. The maximum atomic E-state index is 6.35. The molecule has 43 heavy (non-hydrogen) atoms. The lowest BCUT2D eigenvalue weighted by atomic mass is 9.79. The summed E-state index contributed by atoms with van der Waals surface area (Å²) in [6, 6.07) is 33.3. The average molecular weight is 573 g/mol. The largest absolute Gasteiger partial charge is 0.494 e. The standard InChI is InChI=1S/C38H45BN2O2/c1-35(2,3)26-15-19-28(20-16-26)40(29-21-17-27(18-22-29)39-42-37(7,8)38(9,10)43-39)30-23-24-34-32(25-30)31-13-11-12-14-33(31)41(34)36(4,5)6/h11-25H,1-10H3. The molecular weight excluding hydrogens is 527 g/mol. The highest BCUT2D eigenvalue weighted by atomic mass is 16.7. The van der Waals surface area contributed by atoms with E-state index in [1.54, 1.807) is 0 Å². The second-order valence-electron chi connectivity index (χ2n) is 15.0. The second-order valence-corrected chi connectivity index (χ2v) is 15.0. The van der Waals surface area contributed by atoms with Gasteiger partial charge in [0.15, 0.2) is 0 Å². The molecule has 0 aliphatic carbocycles. The molecule has 0 amide bonds. The fraction of sp³-hybridized carbons (Fsp3) is 0.368. The van der Waals surface area contributed by atoms with E-state index in [4.69, 9.17) is 9.31 Å². The number of aromatic nitrogens is 1. The monoisotopic (exact) mass is 572 g/mol. The van der Waals surface area contributed by atoms with Crippen LogP contribution in [0.3, 0.4) is 0 Å². The van der Waals surface area contributed by atoms with Gasteiger partial charge in [-0.25, -0.2) is 0 Å². The van der Waals surface area contributed by atoms with E-state index in [2.05, 4.69) is 170 Å². The molecule has 0 atom stereocenters. The van der Waals surface area contributed by atoms with Crippen molar-refractivity contribution in [1.82, 2.24) is 4.57 Å². The highest BCUT2D eigenvalue weighted by molar-refractivity contribution is 6.62. The minimum atomic E-state index is -0.390. The molecule has 1 fully saturated rings. The Bertz CT molecular complexity index is 1770. The van der Waals surface area contributed by atoms with E-state index in [1.807, 2.05) is 0 Å². The van der Waals surface area contributed by atoms with Gasteiger partial charge in [-0.3, -0.25) is 0 Å². The van der Waals surface area contributed by atoms with Gasteiger partial charge < -0.3 is 18.8 Å². The van der Waals surface area contributed by atoms with Crippen LogP contribution < -0.4 is 10.4 Å². The third kappa shape index (κ3) is 5.17. The number of rotatable bonds is 4. The van der Waals surface area contributed by atoms with E-state index in [0.29, 0.717) is 0 Å². The van der Waals surface area contributed by atoms with E-state index >= 15 is 0 Å². The Morgan fingerprint density at radius 1 is 0.605 bits per heavy atom. The number of fused-ring (bicyclic) bond motifs is 3. The molecule has 0 N–H and O–H groups in total. The van der Waals surface area contributed by atoms with E-state index in [0.717, 1.165) is 22.5 Å². The van der Waals surface area contributed by atoms with Crippen molar-refractivity contribution >= 4 is 51.4 Å². The first kappa shape index (κ1) is 29.5. The van der Waals surface area contributed by atoms with Gasteiger partial charge in [0.2, 0.25) is 0 Å². The van der Waals surface area contributed by atoms with Crippen LogP contribution in [0.15, 0.2) is 91.0 Å². The smallest absolute Gasteiger partial charge is 0.399 e. The summed E-state index contributed by atoms with van der Waals surface area (Å²) in [6.07, 6.45) is 0. The number of hydrogen-bond donors (Lipinski definition) is 0. The third-order valence-electron chi connectivity index (χ3n) is 9.25. The van der Waals surface area contributed by atoms with Crippen LogP contribution in [0.4, 0.5) is 17.1 Å². The van der Waals surface area contributed by atoms with E-state index in [9.17, 15) is 0 Å². The summed E-state index contributed by atoms with van der Waals surface area (Å²) in [7, 11) is -0.390. The van der Waals surface area contributed by atoms with E-state index in [1.165, 1.54) is 27.4 Å². The van der Waals surface area contributed by atoms with Gasteiger partial charge in [0.25, 0.3) is 0 Å². The van der Waals surface area contributed by atoms with Crippen LogP contribution in [0, 0.1) is 0 Å². The molecule has 6 rings (SSSR count). The minimum Gasteiger partial charge on any atom is -0.399 e. The Balaban J connectivity index is 1.48. The van der Waals surface area contributed by atoms with Gasteiger partial charge in [-0.05, 0) is 113 Å². The lowest BCUT2D eigenvalue weighted by Gasteiger charge is -2.32. The molecule has 1 aromatic heterocycles. The van der Waals surface area contributed by atoms with Crippen molar-refractivity contribution in [3.05, 3.63) is 96.6 Å². The average Bonchev–Trinajstić information content (AvgIpc) is 3.38. The number of anilines is 3. The summed E-state index contributed by atoms with van der Waals surface area (Å²) in [6.45, 7) is 22.0. The maximum absolute atomic E-state index is 6.35. The number of benzene rings is 4. The lowest BCUT2D eigenvalue weighted by Crippen LogP contribution is -2.41. The normalized spacial score (nSPS) is 16.7. The fourth-order valence-corrected chi connectivity index (χ4v) is 6.14. The van der Waals surface area contributed by atoms with Crippen LogP contribution in [-0.2, 0) is 20.3 Å². The quantitative estimate of drug-likeness (QED) is 0.201. The number of hydrogen-bond acceptors (Lipinski definition) is 3. The van der Waals surface area contributed by atoms with E-state index in [-0.39, 0.29) is 22.2 Å². The highest BCUT2D eigenvalue weighted by Crippen LogP contribution is 2.41. The summed E-state index contributed by atoms with van der Waals surface area (Å²) < 4.78 is 15.2. The first-order chi connectivity index (χ1) is 20.1. The van der Waals surface area contributed by atoms with Crippen LogP contribution in [0.25, 0.3) is 21.8 Å². The van der Waals surface area contributed by atoms with Gasteiger partial charge in [-0.15, -0.1) is 0 Å². The molecule has 1 saturated heterocycles. The van der Waals surface area contributed by atoms with Crippen molar-refractivity contribution < 1.29 is 9.31 Å². The number of para-hydroxylation sites is 1. The molecule has 4 nitrogen and oxygen atoms in total. The Labute approximate surface area is 257 Å². The molecule has 2 heterocycles. The summed E-state index contributed by atoms with van der Waals surface area (Å²) in [5, 5.41) is 2.53. The van der Waals surface area contributed by atoms with Gasteiger partial charge in [0, 0.05) is 44.4 Å². The second kappa shape index (κ2) is 10.0. The molecule has 222 valence electrons. The van der Waals surface area contributed by atoms with Gasteiger partial charge >= 0.3 is 7.12 Å². The Morgan fingerprint density at radius 2 is 1.12 bits per heavy atom. The van der Waals surface area contributed by atoms with Gasteiger partial charge in [-0.2, -0.15) is 0 Å². The van der Waals surface area contributed by atoms with Crippen LogP contribution in [-0.4, -0.2) is 22.9 Å². The molecule has 0 spiro atoms. The molecule has 5 heteroatoms. The molecule has 0 unspecified atom stereocenters. The van der Waals surface area contributed by atoms with Gasteiger partial charge in [0.1, 0.15) is 0 Å². The summed E-state index contributed by atoms with van der Waals surface area (Å²) >= 11 is 0. The van der Waals surface area contributed by atoms with E-state index < -0.39 is 7.12 Å². The zero-order valence-corrected chi connectivity index (χ0v) is 27.4. The summed E-state index contributed by atoms with van der Waals surface area (Å²) in [5.41, 5.74) is 7.46. The van der Waals surface area contributed by atoms with Crippen molar-refractivity contribution in [2.24, 2.45) is 0 Å². The first-order valence-electron chi connectivity index (χ1n) is 15.5. The maximum Gasteiger partial charge on any atom is 0.494 e. The molecule has 5 aromatic rings. The lowest BCUT2D eigenvalue weighted by molar-refractivity contribution is 0.00578. The predicted molar refractivity (Wildman–Crippen MR) is 184 cm³/mol. The molecule has 4 aromatic carbocycles. The van der Waals surface area contributed by atoms with Crippen molar-refractivity contribution in [2.45, 2.75) is 91.4 Å². The topological polar surface area (TPSA) is 26.6 Å².